The monoisotopic (exact) mass is 348 g/mol. The number of rotatable bonds is 6. The molecule has 0 saturated heterocycles. The number of thiazole rings is 1. The average molecular weight is 348 g/mol. The molecule has 2 aromatic heterocycles. The van der Waals surface area contributed by atoms with Gasteiger partial charge in [0.1, 0.15) is 16.6 Å². The van der Waals surface area contributed by atoms with Gasteiger partial charge in [-0.1, -0.05) is 53.4 Å². The minimum atomic E-state index is -0.219. The van der Waals surface area contributed by atoms with E-state index in [1.54, 1.807) is 11.7 Å². The van der Waals surface area contributed by atoms with Crippen LogP contribution in [0.2, 0.25) is 0 Å². The number of hydrogen-bond acceptors (Lipinski definition) is 7. The summed E-state index contributed by atoms with van der Waals surface area (Å²) in [6, 6.07) is 9.63. The van der Waals surface area contributed by atoms with Crippen molar-refractivity contribution in [2.75, 3.05) is 5.75 Å². The topological polar surface area (TPSA) is 67.8 Å². The molecular weight excluding hydrogens is 336 g/mol. The van der Waals surface area contributed by atoms with Crippen LogP contribution in [0.4, 0.5) is 0 Å². The van der Waals surface area contributed by atoms with Crippen molar-refractivity contribution in [3.05, 3.63) is 58.0 Å². The van der Waals surface area contributed by atoms with Crippen LogP contribution < -0.4 is 5.32 Å². The molecule has 1 aromatic carbocycles. The lowest BCUT2D eigenvalue weighted by molar-refractivity contribution is -0.119. The fraction of sp³-hybridized carbons (Fsp3) is 0.143. The zero-order valence-electron chi connectivity index (χ0n) is 11.4. The van der Waals surface area contributed by atoms with E-state index in [-0.39, 0.29) is 11.9 Å². The van der Waals surface area contributed by atoms with Crippen molar-refractivity contribution >= 4 is 40.3 Å². The van der Waals surface area contributed by atoms with Crippen molar-refractivity contribution in [1.82, 2.24) is 20.5 Å². The molecule has 0 aliphatic heterocycles. The van der Waals surface area contributed by atoms with Crippen LogP contribution in [0.1, 0.15) is 16.6 Å². The van der Waals surface area contributed by atoms with Gasteiger partial charge in [0.2, 0.25) is 5.91 Å². The predicted octanol–water partition coefficient (Wildman–Crippen LogP) is 2.99. The van der Waals surface area contributed by atoms with Crippen molar-refractivity contribution in [2.24, 2.45) is 0 Å². The number of nitrogens with zero attached hydrogens (tertiary/aromatic N) is 3. The SMILES string of the molecule is O=C(CSc1nncs1)NC(c1ccccc1)c1nccs1. The maximum atomic E-state index is 12.2. The van der Waals surface area contributed by atoms with E-state index < -0.39 is 0 Å². The van der Waals surface area contributed by atoms with E-state index in [1.165, 1.54) is 34.4 Å². The first kappa shape index (κ1) is 15.1. The Hall–Kier alpha value is -1.77. The Morgan fingerprint density at radius 2 is 2.14 bits per heavy atom. The van der Waals surface area contributed by atoms with E-state index in [2.05, 4.69) is 20.5 Å². The van der Waals surface area contributed by atoms with E-state index in [0.717, 1.165) is 14.9 Å². The normalized spacial score (nSPS) is 12.0. The van der Waals surface area contributed by atoms with Gasteiger partial charge in [-0.15, -0.1) is 21.5 Å². The van der Waals surface area contributed by atoms with Gasteiger partial charge in [0.25, 0.3) is 0 Å². The van der Waals surface area contributed by atoms with Crippen LogP contribution >= 0.6 is 34.4 Å². The van der Waals surface area contributed by atoms with Crippen LogP contribution in [0, 0.1) is 0 Å². The number of thioether (sulfide) groups is 1. The zero-order chi connectivity index (χ0) is 15.2. The van der Waals surface area contributed by atoms with Crippen molar-refractivity contribution in [2.45, 2.75) is 10.4 Å². The van der Waals surface area contributed by atoms with Gasteiger partial charge in [-0.2, -0.15) is 0 Å². The molecular formula is C14H12N4OS3. The summed E-state index contributed by atoms with van der Waals surface area (Å²) in [6.45, 7) is 0. The largest absolute Gasteiger partial charge is 0.342 e. The van der Waals surface area contributed by atoms with Gasteiger partial charge in [0, 0.05) is 11.6 Å². The first-order valence-corrected chi connectivity index (χ1v) is 9.20. The van der Waals surface area contributed by atoms with E-state index in [0.29, 0.717) is 5.75 Å². The fourth-order valence-electron chi connectivity index (χ4n) is 1.87. The third-order valence-electron chi connectivity index (χ3n) is 2.80. The van der Waals surface area contributed by atoms with Gasteiger partial charge in [-0.05, 0) is 5.56 Å². The lowest BCUT2D eigenvalue weighted by atomic mass is 10.1. The third kappa shape index (κ3) is 3.90. The average Bonchev–Trinajstić information content (AvgIpc) is 3.25. The molecule has 1 N–H and O–H groups in total. The van der Waals surface area contributed by atoms with E-state index in [9.17, 15) is 4.79 Å². The maximum absolute atomic E-state index is 12.2. The van der Waals surface area contributed by atoms with Gasteiger partial charge in [0.05, 0.1) is 5.75 Å². The summed E-state index contributed by atoms with van der Waals surface area (Å²) < 4.78 is 0.792. The first-order chi connectivity index (χ1) is 10.8. The van der Waals surface area contributed by atoms with E-state index in [1.807, 2.05) is 35.7 Å². The summed E-state index contributed by atoms with van der Waals surface area (Å²) in [5.41, 5.74) is 2.68. The fourth-order valence-corrected chi connectivity index (χ4v) is 3.88. The predicted molar refractivity (Wildman–Crippen MR) is 89.2 cm³/mol. The molecule has 0 radical (unpaired) electrons. The summed E-state index contributed by atoms with van der Waals surface area (Å²) in [7, 11) is 0. The Kier molecular flexibility index (Phi) is 5.15. The van der Waals surface area contributed by atoms with Crippen LogP contribution in [0.15, 0.2) is 51.8 Å². The third-order valence-corrected chi connectivity index (χ3v) is 5.50. The lowest BCUT2D eigenvalue weighted by Gasteiger charge is -2.16. The first-order valence-electron chi connectivity index (χ1n) is 6.45. The second-order valence-electron chi connectivity index (χ2n) is 4.27. The van der Waals surface area contributed by atoms with Crippen LogP contribution in [-0.2, 0) is 4.79 Å². The Morgan fingerprint density at radius 1 is 1.27 bits per heavy atom. The Bertz CT molecular complexity index is 701. The standard InChI is InChI=1S/C14H12N4OS3/c19-11(8-21-14-18-16-9-22-14)17-12(13-15-6-7-20-13)10-4-2-1-3-5-10/h1-7,9,12H,8H2,(H,17,19). The highest BCUT2D eigenvalue weighted by atomic mass is 32.2. The molecule has 0 bridgehead atoms. The smallest absolute Gasteiger partial charge is 0.231 e. The molecule has 0 fully saturated rings. The number of carbonyl (C=O) groups excluding carboxylic acids is 1. The number of aromatic nitrogens is 3. The zero-order valence-corrected chi connectivity index (χ0v) is 13.8. The molecule has 3 aromatic rings. The molecule has 112 valence electrons. The second-order valence-corrected chi connectivity index (χ2v) is 7.26. The van der Waals surface area contributed by atoms with E-state index >= 15 is 0 Å². The molecule has 0 aliphatic rings. The maximum Gasteiger partial charge on any atom is 0.231 e. The number of nitrogens with one attached hydrogen (secondary N) is 1. The molecule has 5 nitrogen and oxygen atoms in total. The number of hydrogen-bond donors (Lipinski definition) is 1. The molecule has 0 aliphatic carbocycles. The number of amides is 1. The van der Waals surface area contributed by atoms with Gasteiger partial charge in [0.15, 0.2) is 4.34 Å². The van der Waals surface area contributed by atoms with Crippen LogP contribution in [0.3, 0.4) is 0 Å². The summed E-state index contributed by atoms with van der Waals surface area (Å²) >= 11 is 4.34. The molecule has 2 heterocycles. The van der Waals surface area contributed by atoms with Crippen molar-refractivity contribution in [3.63, 3.8) is 0 Å². The summed E-state index contributed by atoms with van der Waals surface area (Å²) in [4.78, 5) is 16.6. The lowest BCUT2D eigenvalue weighted by Crippen LogP contribution is -2.30. The molecule has 8 heteroatoms. The van der Waals surface area contributed by atoms with Crippen LogP contribution in [0.5, 0.6) is 0 Å². The van der Waals surface area contributed by atoms with E-state index in [4.69, 9.17) is 0 Å². The molecule has 0 saturated carbocycles. The highest BCUT2D eigenvalue weighted by Gasteiger charge is 2.19. The minimum absolute atomic E-state index is 0.0516. The summed E-state index contributed by atoms with van der Waals surface area (Å²) in [5, 5.41) is 13.5. The molecule has 0 spiro atoms. The highest BCUT2D eigenvalue weighted by Crippen LogP contribution is 2.24. The minimum Gasteiger partial charge on any atom is -0.342 e. The summed E-state index contributed by atoms with van der Waals surface area (Å²) in [6.07, 6.45) is 1.75. The molecule has 1 unspecified atom stereocenters. The van der Waals surface area contributed by atoms with Gasteiger partial charge in [-0.25, -0.2) is 4.98 Å². The van der Waals surface area contributed by atoms with Gasteiger partial charge >= 0.3 is 0 Å². The molecule has 22 heavy (non-hydrogen) atoms. The van der Waals surface area contributed by atoms with Gasteiger partial charge in [-0.3, -0.25) is 4.79 Å². The van der Waals surface area contributed by atoms with Gasteiger partial charge < -0.3 is 5.32 Å². The Labute approximate surface area is 139 Å². The Balaban J connectivity index is 1.69. The van der Waals surface area contributed by atoms with Crippen molar-refractivity contribution < 1.29 is 4.79 Å². The van der Waals surface area contributed by atoms with Crippen molar-refractivity contribution in [1.29, 1.82) is 0 Å². The number of benzene rings is 1. The molecule has 1 atom stereocenters. The molecule has 1 amide bonds. The highest BCUT2D eigenvalue weighted by molar-refractivity contribution is 8.01. The Morgan fingerprint density at radius 3 is 2.82 bits per heavy atom. The quantitative estimate of drug-likeness (QED) is 0.694. The van der Waals surface area contributed by atoms with Crippen LogP contribution in [-0.4, -0.2) is 26.8 Å². The van der Waals surface area contributed by atoms with Crippen molar-refractivity contribution in [3.8, 4) is 0 Å². The van der Waals surface area contributed by atoms with Crippen LogP contribution in [0.25, 0.3) is 0 Å². The summed E-state index contributed by atoms with van der Waals surface area (Å²) in [5.74, 6) is 0.258. The number of carbonyl (C=O) groups is 1. The second kappa shape index (κ2) is 7.48. The molecule has 3 rings (SSSR count).